The fourth-order valence-corrected chi connectivity index (χ4v) is 6.85. The van der Waals surface area contributed by atoms with Crippen LogP contribution in [0.4, 0.5) is 15.3 Å². The number of fused-ring (bicyclic) bond motifs is 1. The second-order valence-electron chi connectivity index (χ2n) is 10.7. The standard InChI is InChI=1S/C36H33FN6O3S2/c1-5-6-9-19-43(31-21-23(2)32(42-41-31)24(3)34-39-27-13-7-8-14-29(27)47-34)36-40-33(35(44)45)30(48-36)15-11-20-46-28-17-16-25(22-26(28)37)12-10-18-38-4/h1,7-8,13-14,16-17,21-22,38H,3,6,9,11,15,18-20H2,2,4H3,(H,44,45). The molecule has 0 aliphatic heterocycles. The van der Waals surface area contributed by atoms with E-state index >= 15 is 0 Å². The summed E-state index contributed by atoms with van der Waals surface area (Å²) in [6.07, 6.45) is 7.51. The molecule has 3 heterocycles. The smallest absolute Gasteiger partial charge is 0.355 e. The number of aromatic nitrogens is 4. The Morgan fingerprint density at radius 2 is 1.96 bits per heavy atom. The van der Waals surface area contributed by atoms with E-state index in [1.54, 1.807) is 30.5 Å². The molecule has 5 rings (SSSR count). The fraction of sp³-hybridized carbons (Fsp3) is 0.250. The summed E-state index contributed by atoms with van der Waals surface area (Å²) in [4.78, 5) is 23.8. The minimum Gasteiger partial charge on any atom is -0.491 e. The maximum Gasteiger partial charge on any atom is 0.355 e. The SMILES string of the molecule is C#CCCCN(c1cc(C)c(C(=C)c2nc3ccccc3s2)nn1)c1nc(C(=O)O)c(CCCOc2ccc(C#CCNC)cc2F)s1. The van der Waals surface area contributed by atoms with E-state index in [0.29, 0.717) is 71.4 Å². The molecule has 0 bridgehead atoms. The van der Waals surface area contributed by atoms with Crippen LogP contribution < -0.4 is 15.0 Å². The van der Waals surface area contributed by atoms with Crippen LogP contribution in [0.25, 0.3) is 15.8 Å². The fourth-order valence-electron chi connectivity index (χ4n) is 4.79. The van der Waals surface area contributed by atoms with Crippen LogP contribution in [-0.2, 0) is 6.42 Å². The Morgan fingerprint density at radius 3 is 2.69 bits per heavy atom. The maximum absolute atomic E-state index is 14.6. The number of nitrogens with zero attached hydrogens (tertiary/aromatic N) is 5. The van der Waals surface area contributed by atoms with Crippen LogP contribution in [0.3, 0.4) is 0 Å². The van der Waals surface area contributed by atoms with Crippen molar-refractivity contribution >= 4 is 55.4 Å². The van der Waals surface area contributed by atoms with Crippen molar-refractivity contribution in [3.63, 3.8) is 0 Å². The third-order valence-corrected chi connectivity index (χ3v) is 9.38. The van der Waals surface area contributed by atoms with E-state index in [-0.39, 0.29) is 18.1 Å². The maximum atomic E-state index is 14.6. The summed E-state index contributed by atoms with van der Waals surface area (Å²) in [5.74, 6) is 7.41. The van der Waals surface area contributed by atoms with Crippen molar-refractivity contribution in [2.75, 3.05) is 31.6 Å². The Bertz CT molecular complexity index is 2020. The van der Waals surface area contributed by atoms with Crippen molar-refractivity contribution in [2.24, 2.45) is 0 Å². The topological polar surface area (TPSA) is 113 Å². The van der Waals surface area contributed by atoms with Crippen molar-refractivity contribution in [1.29, 1.82) is 0 Å². The molecule has 48 heavy (non-hydrogen) atoms. The minimum absolute atomic E-state index is 0.0434. The highest BCUT2D eigenvalue weighted by Gasteiger charge is 2.24. The third-order valence-electron chi connectivity index (χ3n) is 7.14. The van der Waals surface area contributed by atoms with Crippen molar-refractivity contribution in [3.05, 3.63) is 93.3 Å². The van der Waals surface area contributed by atoms with Crippen molar-refractivity contribution < 1.29 is 19.0 Å². The van der Waals surface area contributed by atoms with Gasteiger partial charge in [-0.05, 0) is 75.2 Å². The molecule has 0 atom stereocenters. The molecular weight excluding hydrogens is 648 g/mol. The van der Waals surface area contributed by atoms with Crippen LogP contribution in [0.15, 0.2) is 55.1 Å². The van der Waals surface area contributed by atoms with Gasteiger partial charge in [-0.15, -0.1) is 45.2 Å². The molecule has 0 aliphatic carbocycles. The molecule has 5 aromatic rings. The Balaban J connectivity index is 1.32. The van der Waals surface area contributed by atoms with Gasteiger partial charge in [-0.1, -0.05) is 30.6 Å². The number of aromatic carboxylic acids is 1. The van der Waals surface area contributed by atoms with Crippen LogP contribution in [-0.4, -0.2) is 58.0 Å². The van der Waals surface area contributed by atoms with Crippen molar-refractivity contribution in [1.82, 2.24) is 25.5 Å². The lowest BCUT2D eigenvalue weighted by atomic mass is 10.1. The molecule has 0 fully saturated rings. The summed E-state index contributed by atoms with van der Waals surface area (Å²) < 4.78 is 21.3. The molecular formula is C36H33FN6O3S2. The second-order valence-corrected chi connectivity index (χ2v) is 12.8. The highest BCUT2D eigenvalue weighted by Crippen LogP contribution is 2.35. The first-order valence-corrected chi connectivity index (χ1v) is 16.8. The lowest BCUT2D eigenvalue weighted by Gasteiger charge is -2.21. The van der Waals surface area contributed by atoms with E-state index in [0.717, 1.165) is 20.8 Å². The number of rotatable bonds is 14. The first-order valence-electron chi connectivity index (χ1n) is 15.2. The van der Waals surface area contributed by atoms with Gasteiger partial charge in [0, 0.05) is 29.0 Å². The van der Waals surface area contributed by atoms with Crippen molar-refractivity contribution in [2.45, 2.75) is 32.6 Å². The van der Waals surface area contributed by atoms with Gasteiger partial charge in [0.2, 0.25) is 0 Å². The van der Waals surface area contributed by atoms with Gasteiger partial charge in [0.25, 0.3) is 0 Å². The average molecular weight is 681 g/mol. The number of thiazole rings is 2. The zero-order valence-electron chi connectivity index (χ0n) is 26.5. The number of hydrogen-bond acceptors (Lipinski definition) is 10. The van der Waals surface area contributed by atoms with Gasteiger partial charge in [-0.3, -0.25) is 0 Å². The lowest BCUT2D eigenvalue weighted by Crippen LogP contribution is -2.20. The molecule has 3 aromatic heterocycles. The van der Waals surface area contributed by atoms with E-state index in [4.69, 9.17) is 16.1 Å². The summed E-state index contributed by atoms with van der Waals surface area (Å²) in [6, 6.07) is 14.4. The van der Waals surface area contributed by atoms with E-state index in [2.05, 4.69) is 44.8 Å². The molecule has 0 radical (unpaired) electrons. The van der Waals surface area contributed by atoms with E-state index in [1.807, 2.05) is 42.2 Å². The number of terminal acetylenes is 1. The predicted molar refractivity (Wildman–Crippen MR) is 190 cm³/mol. The van der Waals surface area contributed by atoms with Crippen LogP contribution in [0, 0.1) is 36.9 Å². The number of hydrogen-bond donors (Lipinski definition) is 2. The van der Waals surface area contributed by atoms with Gasteiger partial charge in [0.1, 0.15) is 5.01 Å². The number of anilines is 2. The summed E-state index contributed by atoms with van der Waals surface area (Å²) in [5, 5.41) is 23.2. The van der Waals surface area contributed by atoms with Gasteiger partial charge in [0.05, 0.1) is 29.1 Å². The predicted octanol–water partition coefficient (Wildman–Crippen LogP) is 6.88. The Kier molecular flexibility index (Phi) is 11.5. The summed E-state index contributed by atoms with van der Waals surface area (Å²) in [5.41, 5.74) is 3.54. The molecule has 0 spiro atoms. The van der Waals surface area contributed by atoms with E-state index < -0.39 is 11.8 Å². The first-order chi connectivity index (χ1) is 23.3. The number of nitrogens with one attached hydrogen (secondary N) is 1. The Labute approximate surface area is 286 Å². The van der Waals surface area contributed by atoms with Gasteiger partial charge in [-0.25, -0.2) is 19.2 Å². The highest BCUT2D eigenvalue weighted by atomic mass is 32.1. The van der Waals surface area contributed by atoms with Crippen LogP contribution in [0.5, 0.6) is 5.75 Å². The molecule has 0 unspecified atom stereocenters. The van der Waals surface area contributed by atoms with E-state index in [1.165, 1.54) is 17.4 Å². The average Bonchev–Trinajstić information content (AvgIpc) is 3.71. The number of carbonyl (C=O) groups is 1. The van der Waals surface area contributed by atoms with Gasteiger partial charge in [-0.2, -0.15) is 0 Å². The summed E-state index contributed by atoms with van der Waals surface area (Å²) in [6.45, 7) is 7.32. The highest BCUT2D eigenvalue weighted by molar-refractivity contribution is 7.19. The lowest BCUT2D eigenvalue weighted by molar-refractivity contribution is 0.0690. The molecule has 244 valence electrons. The normalized spacial score (nSPS) is 10.7. The molecule has 0 saturated heterocycles. The molecule has 0 aliphatic rings. The van der Waals surface area contributed by atoms with Crippen LogP contribution in [0.2, 0.25) is 0 Å². The number of halogens is 1. The number of benzene rings is 2. The number of para-hydroxylation sites is 1. The van der Waals surface area contributed by atoms with Crippen LogP contribution in [0.1, 0.15) is 56.5 Å². The zero-order valence-corrected chi connectivity index (χ0v) is 28.2. The molecule has 0 amide bonds. The first kappa shape index (κ1) is 34.2. The third kappa shape index (κ3) is 8.22. The van der Waals surface area contributed by atoms with Gasteiger partial charge >= 0.3 is 5.97 Å². The monoisotopic (exact) mass is 680 g/mol. The molecule has 0 saturated carbocycles. The number of carboxylic acid groups (broad SMARTS) is 1. The van der Waals surface area contributed by atoms with Gasteiger partial charge < -0.3 is 20.1 Å². The number of ether oxygens (including phenoxy) is 1. The Morgan fingerprint density at radius 1 is 1.12 bits per heavy atom. The second kappa shape index (κ2) is 16.1. The number of carboxylic acids is 1. The van der Waals surface area contributed by atoms with Crippen molar-refractivity contribution in [3.8, 4) is 29.9 Å². The molecule has 12 heteroatoms. The molecule has 9 nitrogen and oxygen atoms in total. The summed E-state index contributed by atoms with van der Waals surface area (Å²) >= 11 is 2.81. The van der Waals surface area contributed by atoms with E-state index in [9.17, 15) is 14.3 Å². The number of aryl methyl sites for hydroxylation is 2. The summed E-state index contributed by atoms with van der Waals surface area (Å²) in [7, 11) is 1.79. The quantitative estimate of drug-likeness (QED) is 0.0957. The zero-order chi connectivity index (χ0) is 34.0. The molecule has 2 aromatic carbocycles. The van der Waals surface area contributed by atoms with Gasteiger partial charge in [0.15, 0.2) is 28.2 Å². The minimum atomic E-state index is -1.14. The van der Waals surface area contributed by atoms with Crippen LogP contribution >= 0.6 is 22.7 Å². The Hall–Kier alpha value is -5.14. The largest absolute Gasteiger partial charge is 0.491 e. The number of unbranched alkanes of at least 4 members (excludes halogenated alkanes) is 1. The molecule has 2 N–H and O–H groups in total.